The average molecular weight is 447 g/mol. The number of rotatable bonds is 5. The van der Waals surface area contributed by atoms with Crippen molar-refractivity contribution >= 4 is 33.1 Å². The Morgan fingerprint density at radius 3 is 2.29 bits per heavy atom. The Bertz CT molecular complexity index is 1050. The molecule has 3 N–H and O–H groups in total. The van der Waals surface area contributed by atoms with Gasteiger partial charge in [-0.1, -0.05) is 18.2 Å². The molecule has 1 amide bonds. The normalized spacial score (nSPS) is 22.3. The van der Waals surface area contributed by atoms with Crippen molar-refractivity contribution in [2.45, 2.75) is 25.0 Å². The van der Waals surface area contributed by atoms with Crippen LogP contribution in [0, 0.1) is 0 Å². The number of morpholine rings is 1. The minimum absolute atomic E-state index is 0.126. The van der Waals surface area contributed by atoms with Crippen molar-refractivity contribution in [1.82, 2.24) is 0 Å². The molecule has 0 spiro atoms. The van der Waals surface area contributed by atoms with E-state index in [0.717, 1.165) is 23.7 Å². The number of carbonyl (C=O) groups excluding carboxylic acids is 1. The van der Waals surface area contributed by atoms with Gasteiger partial charge in [0.2, 0.25) is 5.50 Å². The summed E-state index contributed by atoms with van der Waals surface area (Å²) >= 11 is 0. The van der Waals surface area contributed by atoms with E-state index in [1.807, 2.05) is 12.1 Å². The molecule has 2 fully saturated rings. The Balaban J connectivity index is 1.74. The van der Waals surface area contributed by atoms with Gasteiger partial charge in [0.15, 0.2) is 0 Å². The molecule has 2 aliphatic heterocycles. The van der Waals surface area contributed by atoms with E-state index in [2.05, 4.69) is 4.90 Å². The highest BCUT2D eigenvalue weighted by molar-refractivity contribution is 7.86. The minimum atomic E-state index is -4.66. The highest BCUT2D eigenvalue weighted by Gasteiger charge is 2.51. The second-order valence-electron chi connectivity index (χ2n) is 7.58. The van der Waals surface area contributed by atoms with Gasteiger partial charge in [-0.15, -0.1) is 0 Å². The summed E-state index contributed by atoms with van der Waals surface area (Å²) in [5, 5.41) is 0. The first kappa shape index (κ1) is 21.6. The Hall–Kier alpha value is -2.66. The van der Waals surface area contributed by atoms with E-state index < -0.39 is 27.6 Å². The molecule has 2 unspecified atom stereocenters. The third-order valence-electron chi connectivity index (χ3n) is 5.73. The number of para-hydroxylation sites is 1. The van der Waals surface area contributed by atoms with E-state index in [-0.39, 0.29) is 6.54 Å². The predicted molar refractivity (Wildman–Crippen MR) is 119 cm³/mol. The van der Waals surface area contributed by atoms with Gasteiger partial charge in [0, 0.05) is 31.0 Å². The van der Waals surface area contributed by atoms with Crippen molar-refractivity contribution in [3.05, 3.63) is 54.1 Å². The largest absolute Gasteiger partial charge is 0.378 e. The minimum Gasteiger partial charge on any atom is -0.378 e. The maximum absolute atomic E-state index is 13.2. The zero-order valence-corrected chi connectivity index (χ0v) is 18.0. The van der Waals surface area contributed by atoms with E-state index in [9.17, 15) is 17.8 Å². The molecule has 0 aromatic heterocycles. The number of hydrogen-bond acceptors (Lipinski definition) is 7. The van der Waals surface area contributed by atoms with Crippen LogP contribution in [-0.4, -0.2) is 56.7 Å². The van der Waals surface area contributed by atoms with Crippen molar-refractivity contribution in [2.24, 2.45) is 5.73 Å². The maximum Gasteiger partial charge on any atom is 0.306 e. The molecular weight excluding hydrogens is 420 g/mol. The molecule has 2 aromatic rings. The maximum atomic E-state index is 13.2. The third-order valence-corrected chi connectivity index (χ3v) is 6.70. The summed E-state index contributed by atoms with van der Waals surface area (Å²) in [5.41, 5.74) is 6.71. The number of nitrogens with zero attached hydrogens (tertiary/aromatic N) is 3. The first-order valence-corrected chi connectivity index (χ1v) is 11.6. The summed E-state index contributed by atoms with van der Waals surface area (Å²) in [7, 11) is -4.66. The van der Waals surface area contributed by atoms with Crippen LogP contribution in [0.1, 0.15) is 12.5 Å². The summed E-state index contributed by atoms with van der Waals surface area (Å²) in [5.74, 6) is -0.430. The number of hydrogen-bond donors (Lipinski definition) is 2. The average Bonchev–Trinajstić information content (AvgIpc) is 3.05. The van der Waals surface area contributed by atoms with Crippen LogP contribution in [0.3, 0.4) is 0 Å². The van der Waals surface area contributed by atoms with Crippen LogP contribution >= 0.6 is 0 Å². The molecule has 2 atom stereocenters. The Morgan fingerprint density at radius 1 is 1.06 bits per heavy atom. The van der Waals surface area contributed by atoms with Gasteiger partial charge >= 0.3 is 10.1 Å². The summed E-state index contributed by atoms with van der Waals surface area (Å²) < 4.78 is 40.4. The number of carbonyl (C=O) groups is 1. The van der Waals surface area contributed by atoms with Crippen LogP contribution in [0.4, 0.5) is 17.1 Å². The van der Waals surface area contributed by atoms with Gasteiger partial charge < -0.3 is 20.3 Å². The van der Waals surface area contributed by atoms with E-state index in [0.29, 0.717) is 30.2 Å². The Kier molecular flexibility index (Phi) is 5.89. The predicted octanol–water partition coefficient (Wildman–Crippen LogP) is 1.40. The van der Waals surface area contributed by atoms with Crippen molar-refractivity contribution in [1.29, 1.82) is 0 Å². The number of ether oxygens (including phenoxy) is 1. The fourth-order valence-electron chi connectivity index (χ4n) is 4.19. The molecule has 0 saturated carbocycles. The highest BCUT2D eigenvalue weighted by atomic mass is 32.2. The summed E-state index contributed by atoms with van der Waals surface area (Å²) in [4.78, 5) is 17.9. The molecule has 0 bridgehead atoms. The summed E-state index contributed by atoms with van der Waals surface area (Å²) in [6.07, 6.45) is 0. The molecule has 10 heteroatoms. The van der Waals surface area contributed by atoms with Crippen molar-refractivity contribution < 1.29 is 22.5 Å². The fourth-order valence-corrected chi connectivity index (χ4v) is 5.26. The molecule has 0 radical (unpaired) electrons. The zero-order valence-electron chi connectivity index (χ0n) is 17.2. The number of anilines is 3. The molecule has 31 heavy (non-hydrogen) atoms. The van der Waals surface area contributed by atoms with Gasteiger partial charge in [-0.3, -0.25) is 14.2 Å². The van der Waals surface area contributed by atoms with Crippen LogP contribution in [0.2, 0.25) is 0 Å². The van der Waals surface area contributed by atoms with Crippen molar-refractivity contribution in [3.8, 4) is 0 Å². The van der Waals surface area contributed by atoms with Gasteiger partial charge in [-0.25, -0.2) is 0 Å². The molecule has 2 saturated heterocycles. The Labute approximate surface area is 181 Å². The lowest BCUT2D eigenvalue weighted by molar-refractivity contribution is -0.117. The van der Waals surface area contributed by atoms with Gasteiger partial charge in [-0.2, -0.15) is 8.42 Å². The zero-order chi connectivity index (χ0) is 22.2. The SMILES string of the molecule is CC1C(=O)N(c2ccccc2CN)C(S(=O)(=O)O)N1c1ccc(N2CCOCC2)cc1. The first-order chi connectivity index (χ1) is 14.8. The molecule has 0 aliphatic carbocycles. The lowest BCUT2D eigenvalue weighted by Crippen LogP contribution is -2.47. The van der Waals surface area contributed by atoms with Crippen molar-refractivity contribution in [2.75, 3.05) is 41.0 Å². The Morgan fingerprint density at radius 2 is 1.68 bits per heavy atom. The lowest BCUT2D eigenvalue weighted by Gasteiger charge is -2.32. The van der Waals surface area contributed by atoms with Crippen LogP contribution in [0.5, 0.6) is 0 Å². The van der Waals surface area contributed by atoms with E-state index in [4.69, 9.17) is 10.5 Å². The van der Waals surface area contributed by atoms with E-state index in [1.54, 1.807) is 43.3 Å². The standard InChI is InChI=1S/C21H26N4O5S/c1-15-20(26)25(19-5-3-2-4-16(19)14-22)21(31(27,28)29)24(15)18-8-6-17(7-9-18)23-10-12-30-13-11-23/h2-9,15,21H,10-14,22H2,1H3,(H,27,28,29). The number of benzene rings is 2. The second-order valence-corrected chi connectivity index (χ2v) is 9.03. The van der Waals surface area contributed by atoms with Crippen LogP contribution in [0.15, 0.2) is 48.5 Å². The van der Waals surface area contributed by atoms with Crippen LogP contribution in [0.25, 0.3) is 0 Å². The smallest absolute Gasteiger partial charge is 0.306 e. The summed E-state index contributed by atoms with van der Waals surface area (Å²) in [6, 6.07) is 13.3. The molecule has 2 aromatic carbocycles. The van der Waals surface area contributed by atoms with Gasteiger partial charge in [0.1, 0.15) is 6.04 Å². The molecule has 4 rings (SSSR count). The number of nitrogens with two attached hydrogens (primary N) is 1. The van der Waals surface area contributed by atoms with Crippen molar-refractivity contribution in [3.63, 3.8) is 0 Å². The second kappa shape index (κ2) is 8.46. The summed E-state index contributed by atoms with van der Waals surface area (Å²) in [6.45, 7) is 4.60. The molecular formula is C21H26N4O5S. The topological polar surface area (TPSA) is 116 Å². The third kappa shape index (κ3) is 3.99. The quantitative estimate of drug-likeness (QED) is 0.662. The molecule has 9 nitrogen and oxygen atoms in total. The number of amides is 1. The van der Waals surface area contributed by atoms with E-state index >= 15 is 0 Å². The van der Waals surface area contributed by atoms with Gasteiger partial charge in [0.25, 0.3) is 5.91 Å². The molecule has 2 aliphatic rings. The highest BCUT2D eigenvalue weighted by Crippen LogP contribution is 2.37. The molecule has 2 heterocycles. The van der Waals surface area contributed by atoms with E-state index in [1.165, 1.54) is 4.90 Å². The fraction of sp³-hybridized carbons (Fsp3) is 0.381. The van der Waals surface area contributed by atoms with Gasteiger partial charge in [0.05, 0.1) is 18.9 Å². The van der Waals surface area contributed by atoms with Crippen LogP contribution in [-0.2, 0) is 26.2 Å². The van der Waals surface area contributed by atoms with Crippen LogP contribution < -0.4 is 20.4 Å². The monoisotopic (exact) mass is 446 g/mol. The first-order valence-electron chi connectivity index (χ1n) is 10.1. The van der Waals surface area contributed by atoms with Gasteiger partial charge in [-0.05, 0) is 42.8 Å². The lowest BCUT2D eigenvalue weighted by atomic mass is 10.1. The molecule has 166 valence electrons.